The van der Waals surface area contributed by atoms with E-state index in [1.807, 2.05) is 49.4 Å². The first-order valence-corrected chi connectivity index (χ1v) is 5.76. The van der Waals surface area contributed by atoms with E-state index in [-0.39, 0.29) is 5.97 Å². The number of aryl methyl sites for hydroxylation is 1. The lowest BCUT2D eigenvalue weighted by Gasteiger charge is -1.99. The highest BCUT2D eigenvalue weighted by Gasteiger charge is 1.98. The van der Waals surface area contributed by atoms with Gasteiger partial charge in [-0.2, -0.15) is 0 Å². The van der Waals surface area contributed by atoms with E-state index in [4.69, 9.17) is 4.74 Å². The maximum Gasteiger partial charge on any atom is 0.336 e. The molecular formula is C16H14O2. The van der Waals surface area contributed by atoms with Crippen molar-refractivity contribution < 1.29 is 9.53 Å². The molecule has 0 heterocycles. The Balaban J connectivity index is 1.97. The van der Waals surface area contributed by atoms with Gasteiger partial charge in [0, 0.05) is 6.08 Å². The third kappa shape index (κ3) is 3.59. The minimum absolute atomic E-state index is 0.373. The van der Waals surface area contributed by atoms with Crippen molar-refractivity contribution in [3.63, 3.8) is 0 Å². The number of carbonyl (C=O) groups excluding carboxylic acids is 1. The van der Waals surface area contributed by atoms with Crippen LogP contribution in [-0.4, -0.2) is 5.97 Å². The second-order valence-electron chi connectivity index (χ2n) is 3.98. The summed E-state index contributed by atoms with van der Waals surface area (Å²) in [6, 6.07) is 16.9. The molecule has 0 fully saturated rings. The minimum atomic E-state index is -0.373. The fraction of sp³-hybridized carbons (Fsp3) is 0.0625. The van der Waals surface area contributed by atoms with Crippen molar-refractivity contribution in [3.05, 3.63) is 71.8 Å². The highest BCUT2D eigenvalue weighted by molar-refractivity contribution is 5.88. The summed E-state index contributed by atoms with van der Waals surface area (Å²) in [6.45, 7) is 2.02. The molecule has 0 atom stereocenters. The van der Waals surface area contributed by atoms with Crippen molar-refractivity contribution in [2.45, 2.75) is 6.92 Å². The molecule has 0 aliphatic heterocycles. The topological polar surface area (TPSA) is 26.3 Å². The minimum Gasteiger partial charge on any atom is -0.423 e. The number of hydrogen-bond donors (Lipinski definition) is 0. The second-order valence-corrected chi connectivity index (χ2v) is 3.98. The van der Waals surface area contributed by atoms with E-state index in [9.17, 15) is 4.79 Å². The van der Waals surface area contributed by atoms with E-state index in [0.29, 0.717) is 5.75 Å². The van der Waals surface area contributed by atoms with Crippen LogP contribution in [0.5, 0.6) is 5.75 Å². The zero-order chi connectivity index (χ0) is 12.8. The molecule has 0 unspecified atom stereocenters. The van der Waals surface area contributed by atoms with Gasteiger partial charge in [-0.15, -0.1) is 0 Å². The van der Waals surface area contributed by atoms with Crippen molar-refractivity contribution in [3.8, 4) is 5.75 Å². The highest BCUT2D eigenvalue weighted by Crippen LogP contribution is 2.09. The van der Waals surface area contributed by atoms with Crippen LogP contribution in [-0.2, 0) is 4.79 Å². The number of ether oxygens (including phenoxy) is 1. The maximum absolute atomic E-state index is 11.5. The van der Waals surface area contributed by atoms with E-state index in [1.54, 1.807) is 18.2 Å². The molecule has 18 heavy (non-hydrogen) atoms. The van der Waals surface area contributed by atoms with Gasteiger partial charge in [0.15, 0.2) is 0 Å². The molecule has 0 saturated carbocycles. The Kier molecular flexibility index (Phi) is 3.92. The Hall–Kier alpha value is -2.35. The first-order chi connectivity index (χ1) is 8.74. The number of hydrogen-bond acceptors (Lipinski definition) is 2. The van der Waals surface area contributed by atoms with E-state index >= 15 is 0 Å². The molecule has 0 amide bonds. The normalized spacial score (nSPS) is 10.5. The van der Waals surface area contributed by atoms with Crippen LogP contribution < -0.4 is 4.74 Å². The molecule has 0 spiro atoms. The van der Waals surface area contributed by atoms with Gasteiger partial charge < -0.3 is 4.74 Å². The van der Waals surface area contributed by atoms with E-state index in [1.165, 1.54) is 11.6 Å². The number of esters is 1. The van der Waals surface area contributed by atoms with Crippen LogP contribution in [0.3, 0.4) is 0 Å². The van der Waals surface area contributed by atoms with Gasteiger partial charge in [-0.3, -0.25) is 0 Å². The lowest BCUT2D eigenvalue weighted by atomic mass is 10.1. The predicted molar refractivity (Wildman–Crippen MR) is 72.3 cm³/mol. The molecule has 90 valence electrons. The van der Waals surface area contributed by atoms with Gasteiger partial charge >= 0.3 is 5.97 Å². The zero-order valence-corrected chi connectivity index (χ0v) is 10.2. The van der Waals surface area contributed by atoms with E-state index < -0.39 is 0 Å². The molecular weight excluding hydrogens is 224 g/mol. The van der Waals surface area contributed by atoms with Crippen molar-refractivity contribution in [1.29, 1.82) is 0 Å². The number of rotatable bonds is 3. The molecule has 0 N–H and O–H groups in total. The Bertz CT molecular complexity index is 539. The predicted octanol–water partition coefficient (Wildman–Crippen LogP) is 3.61. The SMILES string of the molecule is Cc1ccc(/C=C/C(=O)Oc2ccccc2)cc1. The number of benzene rings is 2. The Morgan fingerprint density at radius 1 is 1.00 bits per heavy atom. The van der Waals surface area contributed by atoms with Crippen molar-refractivity contribution in [1.82, 2.24) is 0 Å². The summed E-state index contributed by atoms with van der Waals surface area (Å²) in [7, 11) is 0. The first kappa shape index (κ1) is 12.1. The van der Waals surface area contributed by atoms with Crippen LogP contribution in [0, 0.1) is 6.92 Å². The molecule has 2 nitrogen and oxygen atoms in total. The third-order valence-electron chi connectivity index (χ3n) is 2.45. The average Bonchev–Trinajstić information content (AvgIpc) is 2.39. The molecule has 0 aromatic heterocycles. The highest BCUT2D eigenvalue weighted by atomic mass is 16.5. The quantitative estimate of drug-likeness (QED) is 0.464. The van der Waals surface area contributed by atoms with Crippen molar-refractivity contribution in [2.75, 3.05) is 0 Å². The van der Waals surface area contributed by atoms with Gasteiger partial charge in [-0.05, 0) is 30.7 Å². The summed E-state index contributed by atoms with van der Waals surface area (Å²) in [5.74, 6) is 0.179. The largest absolute Gasteiger partial charge is 0.423 e. The Morgan fingerprint density at radius 3 is 2.33 bits per heavy atom. The van der Waals surface area contributed by atoms with Crippen molar-refractivity contribution in [2.24, 2.45) is 0 Å². The van der Waals surface area contributed by atoms with Crippen molar-refractivity contribution >= 4 is 12.0 Å². The molecule has 0 aliphatic rings. The molecule has 0 radical (unpaired) electrons. The van der Waals surface area contributed by atoms with Crippen LogP contribution in [0.25, 0.3) is 6.08 Å². The van der Waals surface area contributed by atoms with Crippen LogP contribution in [0.4, 0.5) is 0 Å². The second kappa shape index (κ2) is 5.82. The van der Waals surface area contributed by atoms with E-state index in [0.717, 1.165) is 5.56 Å². The molecule has 2 heteroatoms. The van der Waals surface area contributed by atoms with Gasteiger partial charge in [0.05, 0.1) is 0 Å². The number of para-hydroxylation sites is 1. The van der Waals surface area contributed by atoms with Crippen LogP contribution in [0.2, 0.25) is 0 Å². The average molecular weight is 238 g/mol. The molecule has 2 aromatic rings. The summed E-state index contributed by atoms with van der Waals surface area (Å²) in [4.78, 5) is 11.5. The summed E-state index contributed by atoms with van der Waals surface area (Å²) >= 11 is 0. The van der Waals surface area contributed by atoms with Crippen LogP contribution in [0.1, 0.15) is 11.1 Å². The van der Waals surface area contributed by atoms with Crippen LogP contribution >= 0.6 is 0 Å². The standard InChI is InChI=1S/C16H14O2/c1-13-7-9-14(10-8-13)11-12-16(17)18-15-5-3-2-4-6-15/h2-12H,1H3/b12-11+. The smallest absolute Gasteiger partial charge is 0.336 e. The molecule has 0 saturated heterocycles. The lowest BCUT2D eigenvalue weighted by Crippen LogP contribution is -2.03. The summed E-state index contributed by atoms with van der Waals surface area (Å²) < 4.78 is 5.13. The van der Waals surface area contributed by atoms with Gasteiger partial charge in [-0.1, -0.05) is 48.0 Å². The fourth-order valence-corrected chi connectivity index (χ4v) is 1.48. The third-order valence-corrected chi connectivity index (χ3v) is 2.45. The summed E-state index contributed by atoms with van der Waals surface area (Å²) in [5, 5.41) is 0. The Morgan fingerprint density at radius 2 is 1.67 bits per heavy atom. The van der Waals surface area contributed by atoms with Gasteiger partial charge in [0.1, 0.15) is 5.75 Å². The maximum atomic E-state index is 11.5. The Labute approximate surface area is 107 Å². The number of carbonyl (C=O) groups is 1. The van der Waals surface area contributed by atoms with Crippen LogP contribution in [0.15, 0.2) is 60.7 Å². The van der Waals surface area contributed by atoms with Gasteiger partial charge in [0.25, 0.3) is 0 Å². The molecule has 0 aliphatic carbocycles. The molecule has 0 bridgehead atoms. The van der Waals surface area contributed by atoms with E-state index in [2.05, 4.69) is 0 Å². The van der Waals surface area contributed by atoms with Gasteiger partial charge in [-0.25, -0.2) is 4.79 Å². The fourth-order valence-electron chi connectivity index (χ4n) is 1.48. The van der Waals surface area contributed by atoms with Gasteiger partial charge in [0.2, 0.25) is 0 Å². The summed E-state index contributed by atoms with van der Waals surface area (Å²) in [6.07, 6.45) is 3.17. The molecule has 2 aromatic carbocycles. The first-order valence-electron chi connectivity index (χ1n) is 5.76. The molecule has 2 rings (SSSR count). The monoisotopic (exact) mass is 238 g/mol. The lowest BCUT2D eigenvalue weighted by molar-refractivity contribution is -0.128. The zero-order valence-electron chi connectivity index (χ0n) is 10.2. The summed E-state index contributed by atoms with van der Waals surface area (Å²) in [5.41, 5.74) is 2.17.